The van der Waals surface area contributed by atoms with Gasteiger partial charge in [0.1, 0.15) is 29.4 Å². The fraction of sp³-hybridized carbons (Fsp3) is 0.308. The Morgan fingerprint density at radius 2 is 2.03 bits per heavy atom. The second kappa shape index (κ2) is 10.3. The quantitative estimate of drug-likeness (QED) is 0.511. The van der Waals surface area contributed by atoms with Crippen LogP contribution in [-0.4, -0.2) is 25.5 Å². The van der Waals surface area contributed by atoms with E-state index in [-0.39, 0.29) is 30.5 Å². The molecule has 2 N–H and O–H groups in total. The Bertz CT molecular complexity index is 1190. The summed E-state index contributed by atoms with van der Waals surface area (Å²) in [6.45, 7) is 2.12. The Balaban J connectivity index is 1.76. The molecule has 8 heteroatoms. The standard InChI is InChI=1S/C26H26BrNO6/c1-3-32-26(30)24-22(23-19(29)8-5-9-21(23)34-25(24)28)15-10-11-20(31-2)16(12-15)14-33-18-7-4-6-17(27)13-18/h4,6-7,10-13,22H,3,5,8-9,14,28H2,1-2H3/t22-/m1/s1. The van der Waals surface area contributed by atoms with Crippen LogP contribution in [0.15, 0.2) is 69.7 Å². The molecule has 2 aliphatic rings. The van der Waals surface area contributed by atoms with Crippen LogP contribution in [0, 0.1) is 0 Å². The summed E-state index contributed by atoms with van der Waals surface area (Å²) >= 11 is 3.44. The third-order valence-corrected chi connectivity index (χ3v) is 6.30. The minimum Gasteiger partial charge on any atom is -0.496 e. The van der Waals surface area contributed by atoms with E-state index in [0.29, 0.717) is 47.7 Å². The molecule has 178 valence electrons. The first-order chi connectivity index (χ1) is 16.4. The number of Topliss-reactive ketones (excluding diaryl/α,β-unsaturated/α-hetero) is 1. The van der Waals surface area contributed by atoms with Crippen LogP contribution >= 0.6 is 15.9 Å². The minimum absolute atomic E-state index is 0.0281. The predicted octanol–water partition coefficient (Wildman–Crippen LogP) is 4.89. The maximum absolute atomic E-state index is 13.0. The van der Waals surface area contributed by atoms with Crippen molar-refractivity contribution in [1.82, 2.24) is 0 Å². The van der Waals surface area contributed by atoms with Gasteiger partial charge in [-0.25, -0.2) is 4.79 Å². The molecule has 34 heavy (non-hydrogen) atoms. The number of rotatable bonds is 7. The molecule has 0 spiro atoms. The Kier molecular flexibility index (Phi) is 7.26. The highest BCUT2D eigenvalue weighted by Gasteiger charge is 2.41. The number of carbonyl (C=O) groups excluding carboxylic acids is 2. The number of halogens is 1. The summed E-state index contributed by atoms with van der Waals surface area (Å²) in [6, 6.07) is 13.0. The molecule has 2 aromatic rings. The molecule has 0 aromatic heterocycles. The molecular formula is C26H26BrNO6. The number of benzene rings is 2. The average molecular weight is 528 g/mol. The summed E-state index contributed by atoms with van der Waals surface area (Å²) in [5.74, 6) is 0.475. The number of hydrogen-bond acceptors (Lipinski definition) is 7. The highest BCUT2D eigenvalue weighted by molar-refractivity contribution is 9.10. The molecule has 0 bridgehead atoms. The molecule has 1 aliphatic carbocycles. The SMILES string of the molecule is CCOC(=O)C1=C(N)OC2=C(C(=O)CCC2)[C@H]1c1ccc(OC)c(COc2cccc(Br)c2)c1. The van der Waals surface area contributed by atoms with E-state index in [4.69, 9.17) is 24.7 Å². The van der Waals surface area contributed by atoms with Gasteiger partial charge in [-0.15, -0.1) is 0 Å². The second-order valence-corrected chi connectivity index (χ2v) is 8.88. The van der Waals surface area contributed by atoms with Gasteiger partial charge < -0.3 is 24.7 Å². The summed E-state index contributed by atoms with van der Waals surface area (Å²) in [4.78, 5) is 25.9. The lowest BCUT2D eigenvalue weighted by molar-refractivity contribution is -0.139. The molecule has 2 aromatic carbocycles. The Morgan fingerprint density at radius 1 is 1.21 bits per heavy atom. The van der Waals surface area contributed by atoms with Gasteiger partial charge in [0.2, 0.25) is 5.88 Å². The molecule has 1 atom stereocenters. The van der Waals surface area contributed by atoms with E-state index in [0.717, 1.165) is 10.0 Å². The number of nitrogens with two attached hydrogens (primary N) is 1. The number of carbonyl (C=O) groups is 2. The first-order valence-corrected chi connectivity index (χ1v) is 11.9. The lowest BCUT2D eigenvalue weighted by atomic mass is 9.77. The lowest BCUT2D eigenvalue weighted by Crippen LogP contribution is -2.31. The molecule has 1 heterocycles. The normalized spacial score (nSPS) is 17.7. The maximum atomic E-state index is 13.0. The topological polar surface area (TPSA) is 97.1 Å². The number of allylic oxidation sites excluding steroid dienone is 2. The lowest BCUT2D eigenvalue weighted by Gasteiger charge is -2.32. The Morgan fingerprint density at radius 3 is 2.76 bits per heavy atom. The van der Waals surface area contributed by atoms with E-state index < -0.39 is 11.9 Å². The van der Waals surface area contributed by atoms with Crippen LogP contribution in [-0.2, 0) is 25.7 Å². The monoisotopic (exact) mass is 527 g/mol. The second-order valence-electron chi connectivity index (χ2n) is 7.96. The van der Waals surface area contributed by atoms with Crippen LogP contribution in [0.5, 0.6) is 11.5 Å². The number of methoxy groups -OCH3 is 1. The van der Waals surface area contributed by atoms with E-state index in [9.17, 15) is 9.59 Å². The van der Waals surface area contributed by atoms with Crippen LogP contribution in [0.4, 0.5) is 0 Å². The van der Waals surface area contributed by atoms with Gasteiger partial charge in [-0.2, -0.15) is 0 Å². The molecule has 0 fully saturated rings. The van der Waals surface area contributed by atoms with Crippen molar-refractivity contribution in [2.24, 2.45) is 5.73 Å². The van der Waals surface area contributed by atoms with Crippen molar-refractivity contribution in [1.29, 1.82) is 0 Å². The molecule has 1 aliphatic heterocycles. The number of ether oxygens (including phenoxy) is 4. The van der Waals surface area contributed by atoms with Crippen molar-refractivity contribution in [3.63, 3.8) is 0 Å². The zero-order valence-electron chi connectivity index (χ0n) is 19.1. The van der Waals surface area contributed by atoms with Gasteiger partial charge >= 0.3 is 5.97 Å². The summed E-state index contributed by atoms with van der Waals surface area (Å²) < 4.78 is 23.4. The van der Waals surface area contributed by atoms with Gasteiger partial charge in [0.05, 0.1) is 19.6 Å². The van der Waals surface area contributed by atoms with Crippen molar-refractivity contribution in [2.75, 3.05) is 13.7 Å². The highest BCUT2D eigenvalue weighted by atomic mass is 79.9. The largest absolute Gasteiger partial charge is 0.496 e. The Hall–Kier alpha value is -3.26. The van der Waals surface area contributed by atoms with Crippen molar-refractivity contribution >= 4 is 27.7 Å². The first-order valence-electron chi connectivity index (χ1n) is 11.1. The van der Waals surface area contributed by atoms with Gasteiger partial charge in [0, 0.05) is 28.5 Å². The van der Waals surface area contributed by atoms with E-state index in [1.165, 1.54) is 0 Å². The fourth-order valence-corrected chi connectivity index (χ4v) is 4.68. The summed E-state index contributed by atoms with van der Waals surface area (Å²) in [6.07, 6.45) is 1.66. The van der Waals surface area contributed by atoms with E-state index in [1.54, 1.807) is 20.1 Å². The molecule has 4 rings (SSSR count). The fourth-order valence-electron chi connectivity index (χ4n) is 4.31. The van der Waals surface area contributed by atoms with Gasteiger partial charge in [-0.1, -0.05) is 28.1 Å². The summed E-state index contributed by atoms with van der Waals surface area (Å²) in [7, 11) is 1.58. The van der Waals surface area contributed by atoms with Crippen LogP contribution in [0.1, 0.15) is 43.2 Å². The van der Waals surface area contributed by atoms with Gasteiger partial charge in [-0.05, 0) is 49.2 Å². The van der Waals surface area contributed by atoms with Crippen LogP contribution in [0.2, 0.25) is 0 Å². The van der Waals surface area contributed by atoms with Crippen molar-refractivity contribution in [3.05, 3.63) is 80.9 Å². The van der Waals surface area contributed by atoms with Crippen molar-refractivity contribution in [2.45, 2.75) is 38.7 Å². The smallest absolute Gasteiger partial charge is 0.340 e. The third kappa shape index (κ3) is 4.82. The molecule has 0 amide bonds. The molecule has 0 saturated heterocycles. The number of ketones is 1. The first kappa shape index (κ1) is 23.9. The van der Waals surface area contributed by atoms with E-state index >= 15 is 0 Å². The maximum Gasteiger partial charge on any atom is 0.340 e. The molecule has 0 unspecified atom stereocenters. The van der Waals surface area contributed by atoms with Gasteiger partial charge in [0.15, 0.2) is 5.78 Å². The molecule has 7 nitrogen and oxygen atoms in total. The predicted molar refractivity (Wildman–Crippen MR) is 129 cm³/mol. The summed E-state index contributed by atoms with van der Waals surface area (Å²) in [5, 5.41) is 0. The van der Waals surface area contributed by atoms with Gasteiger partial charge in [-0.3, -0.25) is 4.79 Å². The molecule has 0 radical (unpaired) electrons. The minimum atomic E-state index is -0.689. The van der Waals surface area contributed by atoms with Crippen LogP contribution in [0.25, 0.3) is 0 Å². The molecular weight excluding hydrogens is 502 g/mol. The average Bonchev–Trinajstić information content (AvgIpc) is 2.82. The summed E-state index contributed by atoms with van der Waals surface area (Å²) in [5.41, 5.74) is 8.27. The highest BCUT2D eigenvalue weighted by Crippen LogP contribution is 2.44. The molecule has 0 saturated carbocycles. The van der Waals surface area contributed by atoms with Gasteiger partial charge in [0.25, 0.3) is 0 Å². The van der Waals surface area contributed by atoms with Crippen molar-refractivity contribution < 1.29 is 28.5 Å². The van der Waals surface area contributed by atoms with E-state index in [2.05, 4.69) is 15.9 Å². The van der Waals surface area contributed by atoms with Crippen LogP contribution < -0.4 is 15.2 Å². The van der Waals surface area contributed by atoms with E-state index in [1.807, 2.05) is 36.4 Å². The van der Waals surface area contributed by atoms with Crippen molar-refractivity contribution in [3.8, 4) is 11.5 Å². The third-order valence-electron chi connectivity index (χ3n) is 5.81. The number of esters is 1. The zero-order chi connectivity index (χ0) is 24.2. The van der Waals surface area contributed by atoms with Crippen LogP contribution in [0.3, 0.4) is 0 Å². The number of hydrogen-bond donors (Lipinski definition) is 1. The zero-order valence-corrected chi connectivity index (χ0v) is 20.6. The Labute approximate surface area is 206 Å².